The molecule has 0 heterocycles. The highest BCUT2D eigenvalue weighted by Crippen LogP contribution is 2.24. The lowest BCUT2D eigenvalue weighted by molar-refractivity contribution is -0.00166. The molecule has 0 aromatic heterocycles. The van der Waals surface area contributed by atoms with E-state index in [-0.39, 0.29) is 29.2 Å². The minimum atomic E-state index is -0.886. The topological polar surface area (TPSA) is 93.1 Å². The number of para-hydroxylation sites is 2. The lowest BCUT2D eigenvalue weighted by Gasteiger charge is -2.19. The quantitative estimate of drug-likeness (QED) is 0.633. The third-order valence-corrected chi connectivity index (χ3v) is 4.03. The van der Waals surface area contributed by atoms with Gasteiger partial charge in [-0.15, -0.1) is 0 Å². The van der Waals surface area contributed by atoms with Crippen LogP contribution in [0.4, 0.5) is 0 Å². The highest BCUT2D eigenvalue weighted by Gasteiger charge is 2.22. The Labute approximate surface area is 161 Å². The van der Waals surface area contributed by atoms with E-state index in [1.807, 2.05) is 0 Å². The average molecular weight is 378 g/mol. The molecule has 142 valence electrons. The minimum Gasteiger partial charge on any atom is -0.507 e. The molecule has 28 heavy (non-hydrogen) atoms. The maximum absolute atomic E-state index is 12.5. The van der Waals surface area contributed by atoms with Gasteiger partial charge in [-0.25, -0.2) is 9.59 Å². The summed E-state index contributed by atoms with van der Waals surface area (Å²) >= 11 is 0. The Morgan fingerprint density at radius 3 is 1.79 bits per heavy atom. The largest absolute Gasteiger partial charge is 0.507 e. The Morgan fingerprint density at radius 1 is 0.714 bits per heavy atom. The first-order valence-corrected chi connectivity index (χ1v) is 8.55. The number of ether oxygens (including phenoxy) is 2. The molecule has 1 atom stereocenters. The lowest BCUT2D eigenvalue weighted by Crippen LogP contribution is -2.19. The molecule has 0 spiro atoms. The first-order valence-electron chi connectivity index (χ1n) is 8.55. The third kappa shape index (κ3) is 4.48. The fourth-order valence-corrected chi connectivity index (χ4v) is 2.58. The van der Waals surface area contributed by atoms with Gasteiger partial charge in [0.15, 0.2) is 6.10 Å². The third-order valence-electron chi connectivity index (χ3n) is 4.03. The van der Waals surface area contributed by atoms with Gasteiger partial charge in [0.2, 0.25) is 0 Å². The van der Waals surface area contributed by atoms with Gasteiger partial charge in [-0.05, 0) is 29.8 Å². The summed E-state index contributed by atoms with van der Waals surface area (Å²) in [5, 5.41) is 19.6. The van der Waals surface area contributed by atoms with Crippen molar-refractivity contribution >= 4 is 11.9 Å². The molecule has 6 heteroatoms. The molecule has 2 N–H and O–H groups in total. The Kier molecular flexibility index (Phi) is 5.91. The number of carbonyl (C=O) groups excluding carboxylic acids is 2. The van der Waals surface area contributed by atoms with Gasteiger partial charge in [-0.1, -0.05) is 54.6 Å². The number of esters is 2. The van der Waals surface area contributed by atoms with Gasteiger partial charge >= 0.3 is 11.9 Å². The van der Waals surface area contributed by atoms with Crippen molar-refractivity contribution in [2.75, 3.05) is 6.61 Å². The summed E-state index contributed by atoms with van der Waals surface area (Å²) in [5.41, 5.74) is 0.646. The van der Waals surface area contributed by atoms with Crippen LogP contribution in [0.2, 0.25) is 0 Å². The smallest absolute Gasteiger partial charge is 0.342 e. The second-order valence-corrected chi connectivity index (χ2v) is 5.94. The summed E-state index contributed by atoms with van der Waals surface area (Å²) in [4.78, 5) is 24.7. The van der Waals surface area contributed by atoms with Crippen LogP contribution in [0.3, 0.4) is 0 Å². The molecule has 3 rings (SSSR count). The van der Waals surface area contributed by atoms with E-state index in [4.69, 9.17) is 9.47 Å². The lowest BCUT2D eigenvalue weighted by atomic mass is 10.1. The molecule has 0 amide bonds. The van der Waals surface area contributed by atoms with Crippen LogP contribution >= 0.6 is 0 Å². The molecule has 0 saturated carbocycles. The molecule has 0 bridgehead atoms. The number of rotatable bonds is 6. The first-order chi connectivity index (χ1) is 13.6. The fourth-order valence-electron chi connectivity index (χ4n) is 2.58. The van der Waals surface area contributed by atoms with E-state index in [9.17, 15) is 19.8 Å². The summed E-state index contributed by atoms with van der Waals surface area (Å²) in [5.74, 6) is -1.89. The maximum Gasteiger partial charge on any atom is 0.342 e. The normalized spacial score (nSPS) is 11.4. The average Bonchev–Trinajstić information content (AvgIpc) is 2.72. The summed E-state index contributed by atoms with van der Waals surface area (Å²) in [6, 6.07) is 20.8. The zero-order chi connectivity index (χ0) is 19.9. The van der Waals surface area contributed by atoms with E-state index in [2.05, 4.69) is 0 Å². The van der Waals surface area contributed by atoms with Gasteiger partial charge in [-0.2, -0.15) is 0 Å². The highest BCUT2D eigenvalue weighted by atomic mass is 16.6. The summed E-state index contributed by atoms with van der Waals surface area (Å²) in [6.45, 7) is -0.253. The van der Waals surface area contributed by atoms with Crippen LogP contribution in [0.25, 0.3) is 0 Å². The number of hydrogen-bond acceptors (Lipinski definition) is 6. The molecule has 0 aliphatic heterocycles. The van der Waals surface area contributed by atoms with Crippen molar-refractivity contribution in [2.24, 2.45) is 0 Å². The Balaban J connectivity index is 1.77. The van der Waals surface area contributed by atoms with Crippen LogP contribution in [-0.2, 0) is 9.47 Å². The summed E-state index contributed by atoms with van der Waals surface area (Å²) in [6.07, 6.45) is -0.886. The van der Waals surface area contributed by atoms with Crippen LogP contribution < -0.4 is 0 Å². The van der Waals surface area contributed by atoms with Gasteiger partial charge < -0.3 is 19.7 Å². The fraction of sp³-hybridized carbons (Fsp3) is 0.0909. The van der Waals surface area contributed by atoms with Gasteiger partial charge in [0.25, 0.3) is 0 Å². The molecule has 0 aliphatic carbocycles. The van der Waals surface area contributed by atoms with E-state index >= 15 is 0 Å². The second kappa shape index (κ2) is 8.73. The Morgan fingerprint density at radius 2 is 1.21 bits per heavy atom. The van der Waals surface area contributed by atoms with Crippen molar-refractivity contribution in [2.45, 2.75) is 6.10 Å². The van der Waals surface area contributed by atoms with E-state index in [1.165, 1.54) is 24.3 Å². The molecular weight excluding hydrogens is 360 g/mol. The van der Waals surface area contributed by atoms with Crippen molar-refractivity contribution in [3.63, 3.8) is 0 Å². The monoisotopic (exact) mass is 378 g/mol. The molecule has 0 saturated heterocycles. The molecular formula is C22H18O6. The maximum atomic E-state index is 12.5. The number of phenols is 2. The van der Waals surface area contributed by atoms with E-state index < -0.39 is 18.0 Å². The van der Waals surface area contributed by atoms with Gasteiger partial charge in [0.05, 0.1) is 0 Å². The Hall–Kier alpha value is -3.80. The number of benzene rings is 3. The van der Waals surface area contributed by atoms with Crippen LogP contribution in [-0.4, -0.2) is 28.8 Å². The highest BCUT2D eigenvalue weighted by molar-refractivity contribution is 5.93. The van der Waals surface area contributed by atoms with Crippen molar-refractivity contribution < 1.29 is 29.3 Å². The summed E-state index contributed by atoms with van der Waals surface area (Å²) in [7, 11) is 0. The molecule has 0 fully saturated rings. The molecule has 3 aromatic carbocycles. The Bertz CT molecular complexity index is 968. The number of phenolic OH excluding ortho intramolecular Hbond substituents is 2. The number of aromatic hydroxyl groups is 2. The predicted molar refractivity (Wildman–Crippen MR) is 101 cm³/mol. The zero-order valence-corrected chi connectivity index (χ0v) is 14.8. The predicted octanol–water partition coefficient (Wildman–Crippen LogP) is 3.85. The van der Waals surface area contributed by atoms with Crippen LogP contribution in [0.5, 0.6) is 11.5 Å². The van der Waals surface area contributed by atoms with Crippen molar-refractivity contribution in [3.8, 4) is 11.5 Å². The van der Waals surface area contributed by atoms with E-state index in [1.54, 1.807) is 54.6 Å². The van der Waals surface area contributed by atoms with E-state index in [0.29, 0.717) is 5.56 Å². The standard InChI is InChI=1S/C22H18O6/c23-18-12-6-4-10-16(18)21(25)27-14-20(15-8-2-1-3-9-15)28-22(26)17-11-5-7-13-19(17)24/h1-13,20,23-24H,14H2. The molecule has 0 aliphatic rings. The van der Waals surface area contributed by atoms with Crippen molar-refractivity contribution in [3.05, 3.63) is 95.6 Å². The molecule has 1 unspecified atom stereocenters. The van der Waals surface area contributed by atoms with Crippen LogP contribution in [0.15, 0.2) is 78.9 Å². The number of carbonyl (C=O) groups is 2. The van der Waals surface area contributed by atoms with Gasteiger partial charge in [-0.3, -0.25) is 0 Å². The van der Waals surface area contributed by atoms with Gasteiger partial charge in [0.1, 0.15) is 29.2 Å². The molecule has 3 aromatic rings. The number of hydrogen-bond donors (Lipinski definition) is 2. The molecule has 0 radical (unpaired) electrons. The van der Waals surface area contributed by atoms with E-state index in [0.717, 1.165) is 0 Å². The molecule has 6 nitrogen and oxygen atoms in total. The van der Waals surface area contributed by atoms with Crippen LogP contribution in [0.1, 0.15) is 32.4 Å². The first kappa shape index (κ1) is 19.0. The van der Waals surface area contributed by atoms with Crippen molar-refractivity contribution in [1.82, 2.24) is 0 Å². The SMILES string of the molecule is O=C(OCC(OC(=O)c1ccccc1O)c1ccccc1)c1ccccc1O. The zero-order valence-electron chi connectivity index (χ0n) is 14.8. The second-order valence-electron chi connectivity index (χ2n) is 5.94. The van der Waals surface area contributed by atoms with Crippen LogP contribution in [0, 0.1) is 0 Å². The van der Waals surface area contributed by atoms with Crippen molar-refractivity contribution in [1.29, 1.82) is 0 Å². The van der Waals surface area contributed by atoms with Gasteiger partial charge in [0, 0.05) is 0 Å². The summed E-state index contributed by atoms with van der Waals surface area (Å²) < 4.78 is 10.7. The minimum absolute atomic E-state index is 0.00969.